The minimum Gasteiger partial charge on any atom is -0.405 e. The fourth-order valence-corrected chi connectivity index (χ4v) is 3.52. The van der Waals surface area contributed by atoms with Gasteiger partial charge >= 0.3 is 12.5 Å². The Morgan fingerprint density at radius 2 is 1.94 bits per heavy atom. The predicted molar refractivity (Wildman–Crippen MR) is 103 cm³/mol. The van der Waals surface area contributed by atoms with Gasteiger partial charge in [-0.1, -0.05) is 0 Å². The van der Waals surface area contributed by atoms with Crippen LogP contribution in [0.3, 0.4) is 0 Å². The third-order valence-electron chi connectivity index (χ3n) is 4.81. The number of nitrogens with zero attached hydrogens (tertiary/aromatic N) is 2. The lowest BCUT2D eigenvalue weighted by molar-refractivity contribution is -0.274. The lowest BCUT2D eigenvalue weighted by atomic mass is 9.72. The van der Waals surface area contributed by atoms with Crippen LogP contribution in [-0.4, -0.2) is 41.5 Å². The fraction of sp³-hybridized carbons (Fsp3) is 0.421. The Morgan fingerprint density at radius 1 is 1.25 bits per heavy atom. The molecule has 1 aliphatic heterocycles. The molecule has 4 N–H and O–H groups in total. The highest BCUT2D eigenvalue weighted by Gasteiger charge is 2.39. The van der Waals surface area contributed by atoms with Crippen LogP contribution in [0.15, 0.2) is 40.2 Å². The van der Waals surface area contributed by atoms with Crippen LogP contribution in [0.4, 0.5) is 26.3 Å². The first-order valence-electron chi connectivity index (χ1n) is 9.35. The van der Waals surface area contributed by atoms with Crippen LogP contribution in [0.1, 0.15) is 30.9 Å². The molecule has 1 aliphatic carbocycles. The molecule has 0 atom stereocenters. The molecule has 1 heterocycles. The van der Waals surface area contributed by atoms with E-state index in [0.717, 1.165) is 12.3 Å². The van der Waals surface area contributed by atoms with Crippen LogP contribution < -0.4 is 15.4 Å². The summed E-state index contributed by atoms with van der Waals surface area (Å²) in [5.41, 5.74) is -2.65. The van der Waals surface area contributed by atoms with Crippen LogP contribution >= 0.6 is 0 Å². The molecule has 2 aliphatic rings. The quantitative estimate of drug-likeness (QED) is 0.396. The van der Waals surface area contributed by atoms with Crippen LogP contribution in [0, 0.1) is 11.3 Å². The van der Waals surface area contributed by atoms with E-state index in [-0.39, 0.29) is 29.4 Å². The van der Waals surface area contributed by atoms with Crippen molar-refractivity contribution in [3.8, 4) is 5.75 Å². The summed E-state index contributed by atoms with van der Waals surface area (Å²) >= 11 is 0. The molecular formula is C19H19F6N5O2. The van der Waals surface area contributed by atoms with Crippen molar-refractivity contribution >= 4 is 17.9 Å². The molecule has 1 fully saturated rings. The third-order valence-corrected chi connectivity index (χ3v) is 4.81. The summed E-state index contributed by atoms with van der Waals surface area (Å²) in [6, 6.07) is 1.63. The number of aliphatic hydroxyl groups is 1. The molecule has 32 heavy (non-hydrogen) atoms. The van der Waals surface area contributed by atoms with Crippen molar-refractivity contribution in [2.75, 3.05) is 6.54 Å². The first kappa shape index (κ1) is 23.6. The molecule has 0 radical (unpaired) electrons. The number of benzene rings is 1. The molecule has 1 saturated carbocycles. The minimum atomic E-state index is -5.24. The summed E-state index contributed by atoms with van der Waals surface area (Å²) in [6.07, 6.45) is -6.98. The van der Waals surface area contributed by atoms with Crippen LogP contribution in [0.25, 0.3) is 0 Å². The number of alkyl halides is 6. The van der Waals surface area contributed by atoms with Crippen molar-refractivity contribution in [2.45, 2.75) is 37.9 Å². The molecule has 3 rings (SSSR count). The first-order chi connectivity index (χ1) is 14.8. The maximum atomic E-state index is 13.0. The van der Waals surface area contributed by atoms with E-state index in [9.17, 15) is 31.4 Å². The van der Waals surface area contributed by atoms with Gasteiger partial charge in [0.05, 0.1) is 16.9 Å². The Kier molecular flexibility index (Phi) is 6.22. The van der Waals surface area contributed by atoms with E-state index in [1.54, 1.807) is 6.92 Å². The zero-order chi connectivity index (χ0) is 23.7. The molecule has 13 heteroatoms. The zero-order valence-electron chi connectivity index (χ0n) is 16.6. The number of hydrogen-bond acceptors (Lipinski definition) is 7. The topological polar surface area (TPSA) is 102 Å². The van der Waals surface area contributed by atoms with Crippen LogP contribution in [0.5, 0.6) is 5.75 Å². The molecule has 7 nitrogen and oxygen atoms in total. The number of halogens is 6. The highest BCUT2D eigenvalue weighted by Crippen LogP contribution is 2.37. The van der Waals surface area contributed by atoms with Gasteiger partial charge in [0.2, 0.25) is 5.96 Å². The highest BCUT2D eigenvalue weighted by molar-refractivity contribution is 6.18. The molecule has 0 spiro atoms. The number of guanidine groups is 1. The highest BCUT2D eigenvalue weighted by atomic mass is 19.4. The summed E-state index contributed by atoms with van der Waals surface area (Å²) in [5, 5.41) is 30.4. The first-order valence-corrected chi connectivity index (χ1v) is 9.35. The molecular weight excluding hydrogens is 444 g/mol. The van der Waals surface area contributed by atoms with Gasteiger partial charge < -0.3 is 25.9 Å². The van der Waals surface area contributed by atoms with E-state index in [1.807, 2.05) is 0 Å². The summed E-state index contributed by atoms with van der Waals surface area (Å²) in [4.78, 5) is 0. The van der Waals surface area contributed by atoms with Crippen molar-refractivity contribution in [2.24, 2.45) is 16.1 Å². The Labute approximate surface area is 178 Å². The number of rotatable bonds is 5. The predicted octanol–water partition coefficient (Wildman–Crippen LogP) is 3.55. The van der Waals surface area contributed by atoms with E-state index in [1.165, 1.54) is 6.08 Å². The average Bonchev–Trinajstić information content (AvgIpc) is 2.63. The largest absolute Gasteiger partial charge is 0.573 e. The normalized spacial score (nSPS) is 24.8. The summed E-state index contributed by atoms with van der Waals surface area (Å²) in [7, 11) is 0. The van der Waals surface area contributed by atoms with E-state index < -0.39 is 35.0 Å². The maximum Gasteiger partial charge on any atom is 0.573 e. The second kappa shape index (κ2) is 8.45. The van der Waals surface area contributed by atoms with Gasteiger partial charge in [-0.2, -0.15) is 13.2 Å². The van der Waals surface area contributed by atoms with Gasteiger partial charge in [-0.3, -0.25) is 0 Å². The smallest absolute Gasteiger partial charge is 0.405 e. The SMILES string of the molecule is C[C@]1(O)C[C@@H](CNC2=NN=C(c3ccc(C(F)(F)F)cc3OC(F)(F)F)/C(=C/C=N)N2)C1. The van der Waals surface area contributed by atoms with E-state index in [0.29, 0.717) is 25.5 Å². The second-order valence-corrected chi connectivity index (χ2v) is 7.68. The molecule has 0 saturated heterocycles. The van der Waals surface area contributed by atoms with E-state index in [2.05, 4.69) is 25.6 Å². The van der Waals surface area contributed by atoms with Crippen molar-refractivity contribution in [3.05, 3.63) is 41.1 Å². The van der Waals surface area contributed by atoms with Gasteiger partial charge in [0.25, 0.3) is 0 Å². The Bertz CT molecular complexity index is 973. The zero-order valence-corrected chi connectivity index (χ0v) is 16.6. The van der Waals surface area contributed by atoms with E-state index in [4.69, 9.17) is 5.41 Å². The Hall–Kier alpha value is -3.09. The lowest BCUT2D eigenvalue weighted by Gasteiger charge is -2.41. The number of nitrogens with one attached hydrogen (secondary N) is 3. The molecule has 1 aromatic carbocycles. The Morgan fingerprint density at radius 3 is 2.50 bits per heavy atom. The van der Waals surface area contributed by atoms with Crippen molar-refractivity contribution in [3.63, 3.8) is 0 Å². The standard InChI is InChI=1S/C19H19F6N5O2/c1-17(31)7-10(8-17)9-27-16-28-13(4-5-26)15(29-30-16)12-3-2-11(18(20,21)22)6-14(12)32-19(23,24)25/h2-6,10,26,31H,7-9H2,1H3,(H2,27,28,30)/b13-4-,26-5?/t10-,17+. The second-order valence-electron chi connectivity index (χ2n) is 7.68. The minimum absolute atomic E-state index is 0.0323. The molecule has 174 valence electrons. The van der Waals surface area contributed by atoms with Crippen LogP contribution in [0.2, 0.25) is 0 Å². The van der Waals surface area contributed by atoms with Gasteiger partial charge in [0.15, 0.2) is 0 Å². The monoisotopic (exact) mass is 463 g/mol. The van der Waals surface area contributed by atoms with Crippen molar-refractivity contribution in [1.82, 2.24) is 10.6 Å². The van der Waals surface area contributed by atoms with Gasteiger partial charge in [0.1, 0.15) is 11.5 Å². The van der Waals surface area contributed by atoms with E-state index >= 15 is 0 Å². The molecule has 0 aromatic heterocycles. The number of ether oxygens (including phenoxy) is 1. The van der Waals surface area contributed by atoms with Gasteiger partial charge in [-0.05, 0) is 50.0 Å². The van der Waals surface area contributed by atoms with Crippen molar-refractivity contribution in [1.29, 1.82) is 5.41 Å². The van der Waals surface area contributed by atoms with Gasteiger partial charge in [-0.25, -0.2) is 0 Å². The number of allylic oxidation sites excluding steroid dienone is 2. The summed E-state index contributed by atoms with van der Waals surface area (Å²) < 4.78 is 81.3. The fourth-order valence-electron chi connectivity index (χ4n) is 3.52. The maximum absolute atomic E-state index is 13.0. The third kappa shape index (κ3) is 5.78. The summed E-state index contributed by atoms with van der Waals surface area (Å²) in [5.74, 6) is -0.789. The average molecular weight is 463 g/mol. The van der Waals surface area contributed by atoms with Gasteiger partial charge in [0, 0.05) is 18.3 Å². The van der Waals surface area contributed by atoms with Crippen LogP contribution in [-0.2, 0) is 6.18 Å². The van der Waals surface area contributed by atoms with Crippen molar-refractivity contribution < 1.29 is 36.2 Å². The van der Waals surface area contributed by atoms with Gasteiger partial charge in [-0.15, -0.1) is 23.4 Å². The molecule has 0 bridgehead atoms. The molecule has 1 aromatic rings. The Balaban J connectivity index is 1.91. The molecule has 0 unspecified atom stereocenters. The molecule has 0 amide bonds. The summed E-state index contributed by atoms with van der Waals surface area (Å²) in [6.45, 7) is 2.15. The number of hydrogen-bond donors (Lipinski definition) is 4. The lowest BCUT2D eigenvalue weighted by Crippen LogP contribution is -2.49.